The highest BCUT2D eigenvalue weighted by Crippen LogP contribution is 2.38. The van der Waals surface area contributed by atoms with Crippen LogP contribution < -0.4 is 10.2 Å². The van der Waals surface area contributed by atoms with Gasteiger partial charge in [0.05, 0.1) is 39.9 Å². The average molecular weight is 861 g/mol. The van der Waals surface area contributed by atoms with Gasteiger partial charge in [-0.2, -0.15) is 0 Å². The van der Waals surface area contributed by atoms with Crippen molar-refractivity contribution in [2.45, 2.75) is 206 Å². The standard InChI is InChI=1S/C51H93N2O6P/c1-6-8-10-12-14-16-18-20-22-23-24-25-26-27-28-29-31-33-35-37-39-41-43-45-51(55)52-49(48-59-60(56,57)58-47-46-53(3,4)5)50(54)44-42-40-38-36-34-32-30-21-19-17-15-13-11-9-7-2/h8,10,14,16,20,22,24-25,34,36,42,44,49-50,54H,6-7,9,11-13,15,17-19,21,23,26-33,35,37-41,43,45-48H2,1-5H3,(H-,52,55,56,57)/b10-8-,16-14-,22-20-,25-24-,36-34+,44-42+. The minimum absolute atomic E-state index is 0.0103. The van der Waals surface area contributed by atoms with Gasteiger partial charge in [-0.25, -0.2) is 0 Å². The summed E-state index contributed by atoms with van der Waals surface area (Å²) in [5.74, 6) is -0.215. The molecule has 0 aliphatic rings. The van der Waals surface area contributed by atoms with Gasteiger partial charge in [0.1, 0.15) is 13.2 Å². The van der Waals surface area contributed by atoms with E-state index >= 15 is 0 Å². The number of aliphatic hydroxyl groups excluding tert-OH is 1. The number of amides is 1. The second-order valence-electron chi connectivity index (χ2n) is 17.4. The van der Waals surface area contributed by atoms with Gasteiger partial charge in [0.25, 0.3) is 7.82 Å². The number of allylic oxidation sites excluding steroid dienone is 11. The molecule has 3 atom stereocenters. The van der Waals surface area contributed by atoms with Crippen molar-refractivity contribution in [3.63, 3.8) is 0 Å². The molecular formula is C51H93N2O6P. The highest BCUT2D eigenvalue weighted by Gasteiger charge is 2.23. The number of unbranched alkanes of at least 4 members (excludes halogenated alkanes) is 20. The van der Waals surface area contributed by atoms with Crippen LogP contribution in [-0.2, 0) is 18.4 Å². The number of rotatable bonds is 43. The monoisotopic (exact) mass is 861 g/mol. The quantitative estimate of drug-likeness (QED) is 0.0274. The van der Waals surface area contributed by atoms with Crippen LogP contribution in [0.1, 0.15) is 194 Å². The SMILES string of the molecule is CC/C=C\C/C=C\C/C=C\C/C=C\CCCCCCCCCCCCC(=O)NC(COP(=O)([O-])OCC[N+](C)(C)C)C(O)/C=C/CC/C=C/CCCCCCCCCCC. The number of phosphoric acid groups is 1. The number of phosphoric ester groups is 1. The second-order valence-corrected chi connectivity index (χ2v) is 18.8. The first-order chi connectivity index (χ1) is 29.0. The van der Waals surface area contributed by atoms with Crippen molar-refractivity contribution >= 4 is 13.7 Å². The molecule has 0 aromatic rings. The van der Waals surface area contributed by atoms with E-state index in [1.807, 2.05) is 27.2 Å². The number of quaternary nitrogens is 1. The Balaban J connectivity index is 4.36. The van der Waals surface area contributed by atoms with E-state index in [4.69, 9.17) is 9.05 Å². The predicted octanol–water partition coefficient (Wildman–Crippen LogP) is 13.3. The van der Waals surface area contributed by atoms with Crippen LogP contribution >= 0.6 is 7.82 Å². The molecule has 9 heteroatoms. The summed E-state index contributed by atoms with van der Waals surface area (Å²) in [7, 11) is 1.23. The molecule has 60 heavy (non-hydrogen) atoms. The molecular weight excluding hydrogens is 768 g/mol. The first-order valence-electron chi connectivity index (χ1n) is 24.3. The molecule has 0 saturated carbocycles. The fourth-order valence-corrected chi connectivity index (χ4v) is 7.29. The Morgan fingerprint density at radius 1 is 0.600 bits per heavy atom. The van der Waals surface area contributed by atoms with E-state index in [-0.39, 0.29) is 12.5 Å². The third-order valence-corrected chi connectivity index (χ3v) is 11.4. The van der Waals surface area contributed by atoms with E-state index in [9.17, 15) is 19.4 Å². The van der Waals surface area contributed by atoms with Gasteiger partial charge in [-0.1, -0.05) is 189 Å². The molecule has 0 rings (SSSR count). The molecule has 0 heterocycles. The third kappa shape index (κ3) is 44.0. The zero-order valence-corrected chi connectivity index (χ0v) is 40.3. The molecule has 3 unspecified atom stereocenters. The van der Waals surface area contributed by atoms with Crippen molar-refractivity contribution in [3.05, 3.63) is 72.9 Å². The molecule has 0 aromatic heterocycles. The summed E-state index contributed by atoms with van der Waals surface area (Å²) in [6, 6.07) is -0.908. The summed E-state index contributed by atoms with van der Waals surface area (Å²) < 4.78 is 23.2. The molecule has 0 radical (unpaired) electrons. The maximum atomic E-state index is 12.9. The summed E-state index contributed by atoms with van der Waals surface area (Å²) in [6.45, 7) is 4.50. The smallest absolute Gasteiger partial charge is 0.268 e. The highest BCUT2D eigenvalue weighted by atomic mass is 31.2. The molecule has 348 valence electrons. The maximum Gasteiger partial charge on any atom is 0.268 e. The van der Waals surface area contributed by atoms with Crippen molar-refractivity contribution in [2.75, 3.05) is 40.9 Å². The lowest BCUT2D eigenvalue weighted by atomic mass is 10.0. The van der Waals surface area contributed by atoms with Crippen molar-refractivity contribution in [2.24, 2.45) is 0 Å². The fourth-order valence-electron chi connectivity index (χ4n) is 6.57. The number of likely N-dealkylation sites (N-methyl/N-ethyl adjacent to an activating group) is 1. The Bertz CT molecular complexity index is 1200. The fraction of sp³-hybridized carbons (Fsp3) is 0.745. The summed E-state index contributed by atoms with van der Waals surface area (Å²) in [5.41, 5.74) is 0. The molecule has 2 N–H and O–H groups in total. The lowest BCUT2D eigenvalue weighted by Gasteiger charge is -2.29. The van der Waals surface area contributed by atoms with Gasteiger partial charge in [-0.3, -0.25) is 9.36 Å². The van der Waals surface area contributed by atoms with Crippen molar-refractivity contribution < 1.29 is 32.9 Å². The molecule has 0 aliphatic heterocycles. The van der Waals surface area contributed by atoms with E-state index in [1.165, 1.54) is 103 Å². The first kappa shape index (κ1) is 57.9. The summed E-state index contributed by atoms with van der Waals surface area (Å²) in [5, 5.41) is 13.8. The Labute approximate surface area is 370 Å². The van der Waals surface area contributed by atoms with Crippen LogP contribution in [0, 0.1) is 0 Å². The number of nitrogens with zero attached hydrogens (tertiary/aromatic N) is 1. The second kappa shape index (κ2) is 42.3. The normalized spacial score (nSPS) is 14.8. The van der Waals surface area contributed by atoms with Crippen LogP contribution in [0.15, 0.2) is 72.9 Å². The van der Waals surface area contributed by atoms with Crippen molar-refractivity contribution in [1.82, 2.24) is 5.32 Å². The van der Waals surface area contributed by atoms with Gasteiger partial charge < -0.3 is 28.8 Å². The van der Waals surface area contributed by atoms with Gasteiger partial charge in [0.15, 0.2) is 0 Å². The number of carbonyl (C=O) groups excluding carboxylic acids is 1. The molecule has 0 bridgehead atoms. The first-order valence-corrected chi connectivity index (χ1v) is 25.8. The van der Waals surface area contributed by atoms with Gasteiger partial charge in [0.2, 0.25) is 5.91 Å². The minimum atomic E-state index is -4.60. The number of nitrogens with one attached hydrogen (secondary N) is 1. The molecule has 1 amide bonds. The summed E-state index contributed by atoms with van der Waals surface area (Å²) in [6.07, 6.45) is 56.7. The third-order valence-electron chi connectivity index (χ3n) is 10.4. The van der Waals surface area contributed by atoms with Gasteiger partial charge in [-0.05, 0) is 70.6 Å². The largest absolute Gasteiger partial charge is 0.756 e. The van der Waals surface area contributed by atoms with Crippen molar-refractivity contribution in [1.29, 1.82) is 0 Å². The lowest BCUT2D eigenvalue weighted by molar-refractivity contribution is -0.870. The number of carbonyl (C=O) groups is 1. The van der Waals surface area contributed by atoms with E-state index in [0.717, 1.165) is 70.6 Å². The van der Waals surface area contributed by atoms with Crippen LogP contribution in [0.5, 0.6) is 0 Å². The van der Waals surface area contributed by atoms with E-state index in [1.54, 1.807) is 6.08 Å². The van der Waals surface area contributed by atoms with E-state index in [2.05, 4.69) is 79.9 Å². The zero-order valence-electron chi connectivity index (χ0n) is 39.4. The predicted molar refractivity (Wildman–Crippen MR) is 256 cm³/mol. The molecule has 0 aliphatic carbocycles. The summed E-state index contributed by atoms with van der Waals surface area (Å²) in [4.78, 5) is 25.4. The molecule has 0 saturated heterocycles. The highest BCUT2D eigenvalue weighted by molar-refractivity contribution is 7.45. The maximum absolute atomic E-state index is 12.9. The molecule has 0 fully saturated rings. The van der Waals surface area contributed by atoms with E-state index < -0.39 is 26.6 Å². The summed E-state index contributed by atoms with van der Waals surface area (Å²) >= 11 is 0. The van der Waals surface area contributed by atoms with Gasteiger partial charge >= 0.3 is 0 Å². The van der Waals surface area contributed by atoms with Gasteiger partial charge in [-0.15, -0.1) is 0 Å². The van der Waals surface area contributed by atoms with Crippen LogP contribution in [0.4, 0.5) is 0 Å². The minimum Gasteiger partial charge on any atom is -0.756 e. The molecule has 0 aromatic carbocycles. The Kier molecular flexibility index (Phi) is 40.8. The number of aliphatic hydroxyl groups is 1. The molecule has 0 spiro atoms. The van der Waals surface area contributed by atoms with Crippen LogP contribution in [0.2, 0.25) is 0 Å². The number of hydrogen-bond acceptors (Lipinski definition) is 6. The average Bonchev–Trinajstić information content (AvgIpc) is 3.20. The topological polar surface area (TPSA) is 108 Å². The lowest BCUT2D eigenvalue weighted by Crippen LogP contribution is -2.45. The van der Waals surface area contributed by atoms with Crippen LogP contribution in [0.3, 0.4) is 0 Å². The zero-order chi connectivity index (χ0) is 44.3. The van der Waals surface area contributed by atoms with Crippen molar-refractivity contribution in [3.8, 4) is 0 Å². The van der Waals surface area contributed by atoms with Gasteiger partial charge in [0, 0.05) is 6.42 Å². The van der Waals surface area contributed by atoms with E-state index in [0.29, 0.717) is 17.4 Å². The number of hydrogen-bond donors (Lipinski definition) is 2. The Morgan fingerprint density at radius 2 is 1.03 bits per heavy atom. The molecule has 8 nitrogen and oxygen atoms in total. The van der Waals surface area contributed by atoms with Crippen LogP contribution in [0.25, 0.3) is 0 Å². The Morgan fingerprint density at radius 3 is 1.55 bits per heavy atom. The Hall–Kier alpha value is -2.06. The van der Waals surface area contributed by atoms with Crippen LogP contribution in [-0.4, -0.2) is 68.5 Å².